The predicted octanol–water partition coefficient (Wildman–Crippen LogP) is 4.21. The van der Waals surface area contributed by atoms with Crippen molar-refractivity contribution in [2.75, 3.05) is 0 Å². The molecule has 6 heteroatoms. The number of hydrogen-bond acceptors (Lipinski definition) is 2. The smallest absolute Gasteiger partial charge is 0.387 e. The molecule has 0 aliphatic carbocycles. The van der Waals surface area contributed by atoms with Gasteiger partial charge in [0.25, 0.3) is 0 Å². The topological polar surface area (TPSA) is 26.3 Å². The first-order chi connectivity index (χ1) is 7.97. The van der Waals surface area contributed by atoms with Crippen LogP contribution in [0.15, 0.2) is 18.2 Å². The Kier molecular flexibility index (Phi) is 5.52. The van der Waals surface area contributed by atoms with Crippen LogP contribution in [0.1, 0.15) is 22.9 Å². The number of ketones is 1. The van der Waals surface area contributed by atoms with Gasteiger partial charge < -0.3 is 4.74 Å². The Bertz CT molecular complexity index is 410. The zero-order valence-corrected chi connectivity index (χ0v) is 12.1. The molecule has 0 radical (unpaired) electrons. The van der Waals surface area contributed by atoms with Crippen LogP contribution in [0.5, 0.6) is 5.75 Å². The Morgan fingerprint density at radius 2 is 2.12 bits per heavy atom. The van der Waals surface area contributed by atoms with Gasteiger partial charge in [0, 0.05) is 16.5 Å². The lowest BCUT2D eigenvalue weighted by Crippen LogP contribution is -2.10. The van der Waals surface area contributed by atoms with Crippen molar-refractivity contribution < 1.29 is 18.3 Å². The van der Waals surface area contributed by atoms with Crippen molar-refractivity contribution in [1.29, 1.82) is 0 Å². The van der Waals surface area contributed by atoms with Crippen LogP contribution in [0.4, 0.5) is 8.78 Å². The van der Waals surface area contributed by atoms with E-state index in [0.29, 0.717) is 16.5 Å². The van der Waals surface area contributed by atoms with Gasteiger partial charge in [0.15, 0.2) is 0 Å². The summed E-state index contributed by atoms with van der Waals surface area (Å²) < 4.78 is 29.2. The molecule has 0 saturated carbocycles. The fourth-order valence-corrected chi connectivity index (χ4v) is 2.16. The van der Waals surface area contributed by atoms with Crippen molar-refractivity contribution in [3.8, 4) is 5.75 Å². The van der Waals surface area contributed by atoms with E-state index in [0.717, 1.165) is 0 Å². The molecule has 1 atom stereocenters. The predicted molar refractivity (Wildman–Crippen MR) is 68.1 cm³/mol. The first-order valence-electron chi connectivity index (χ1n) is 4.74. The van der Waals surface area contributed by atoms with Gasteiger partial charge in [-0.25, -0.2) is 0 Å². The lowest BCUT2D eigenvalue weighted by atomic mass is 10.0. The maximum atomic E-state index is 12.3. The fraction of sp³-hybridized carbons (Fsp3) is 0.364. The average Bonchev–Trinajstić information content (AvgIpc) is 2.27. The number of carbonyl (C=O) groups is 1. The molecule has 0 fully saturated rings. The molecule has 0 amide bonds. The van der Waals surface area contributed by atoms with Crippen molar-refractivity contribution in [2.45, 2.75) is 23.7 Å². The monoisotopic (exact) mass is 370 g/mol. The summed E-state index contributed by atoms with van der Waals surface area (Å²) in [4.78, 5) is 10.6. The van der Waals surface area contributed by atoms with Gasteiger partial charge in [-0.05, 0) is 6.92 Å². The highest BCUT2D eigenvalue weighted by molar-refractivity contribution is 9.09. The van der Waals surface area contributed by atoms with E-state index in [1.165, 1.54) is 6.92 Å². The number of benzene rings is 1. The highest BCUT2D eigenvalue weighted by Gasteiger charge is 2.21. The quantitative estimate of drug-likeness (QED) is 0.725. The van der Waals surface area contributed by atoms with Gasteiger partial charge in [0.1, 0.15) is 16.4 Å². The van der Waals surface area contributed by atoms with E-state index in [4.69, 9.17) is 0 Å². The molecule has 0 aliphatic rings. The summed E-state index contributed by atoms with van der Waals surface area (Å²) in [6.07, 6.45) is 0. The molecule has 0 spiro atoms. The van der Waals surface area contributed by atoms with E-state index in [9.17, 15) is 13.6 Å². The van der Waals surface area contributed by atoms with E-state index in [1.807, 2.05) is 0 Å². The van der Waals surface area contributed by atoms with E-state index in [2.05, 4.69) is 36.6 Å². The Labute approximate surface area is 115 Å². The number of alkyl halides is 4. The molecule has 1 aromatic rings. The molecule has 1 unspecified atom stereocenters. The second kappa shape index (κ2) is 6.44. The molecule has 0 bridgehead atoms. The summed E-state index contributed by atoms with van der Waals surface area (Å²) in [5, 5.41) is 0.376. The lowest BCUT2D eigenvalue weighted by molar-refractivity contribution is -0.116. The Balaban J connectivity index is 3.23. The van der Waals surface area contributed by atoms with Crippen molar-refractivity contribution in [3.63, 3.8) is 0 Å². The first kappa shape index (κ1) is 14.6. The molecule has 1 aromatic carbocycles. The largest absolute Gasteiger partial charge is 0.434 e. The highest BCUT2D eigenvalue weighted by atomic mass is 79.9. The number of halogens is 4. The molecular formula is C11H10Br2F2O2. The number of carbonyl (C=O) groups excluding carboxylic acids is 1. The Hall–Kier alpha value is -0.490. The van der Waals surface area contributed by atoms with Crippen molar-refractivity contribution >= 4 is 37.6 Å². The number of para-hydroxylation sites is 1. The molecule has 0 N–H and O–H groups in total. The third-order valence-corrected chi connectivity index (χ3v) is 3.85. The SMILES string of the molecule is CC(=O)C(Br)c1cccc(CBr)c1OC(F)F. The van der Waals surface area contributed by atoms with Crippen LogP contribution >= 0.6 is 31.9 Å². The summed E-state index contributed by atoms with van der Waals surface area (Å²) >= 11 is 6.36. The van der Waals surface area contributed by atoms with Crippen molar-refractivity contribution in [2.24, 2.45) is 0 Å². The molecule has 0 heterocycles. The van der Waals surface area contributed by atoms with Gasteiger partial charge in [0.2, 0.25) is 0 Å². The van der Waals surface area contributed by atoms with E-state index >= 15 is 0 Å². The summed E-state index contributed by atoms with van der Waals surface area (Å²) in [6.45, 7) is -1.53. The van der Waals surface area contributed by atoms with Crippen molar-refractivity contribution in [3.05, 3.63) is 29.3 Å². The third kappa shape index (κ3) is 3.74. The fourth-order valence-electron chi connectivity index (χ4n) is 1.36. The Morgan fingerprint density at radius 3 is 2.59 bits per heavy atom. The standard InChI is InChI=1S/C11H10Br2F2O2/c1-6(16)9(13)8-4-2-3-7(5-12)10(8)17-11(14)15/h2-4,9,11H,5H2,1H3. The number of Topliss-reactive ketones (excluding diaryl/α,β-unsaturated/α-hetero) is 1. The van der Waals surface area contributed by atoms with Gasteiger partial charge in [-0.3, -0.25) is 4.79 Å². The summed E-state index contributed by atoms with van der Waals surface area (Å²) in [5.41, 5.74) is 0.989. The summed E-state index contributed by atoms with van der Waals surface area (Å²) in [6, 6.07) is 4.95. The molecule has 94 valence electrons. The minimum absolute atomic E-state index is 0.0523. The normalized spacial score (nSPS) is 12.6. The van der Waals surface area contributed by atoms with E-state index in [-0.39, 0.29) is 11.5 Å². The van der Waals surface area contributed by atoms with Crippen molar-refractivity contribution in [1.82, 2.24) is 0 Å². The zero-order chi connectivity index (χ0) is 13.0. The van der Waals surface area contributed by atoms with Crippen LogP contribution in [0.25, 0.3) is 0 Å². The average molecular weight is 372 g/mol. The van der Waals surface area contributed by atoms with Gasteiger partial charge >= 0.3 is 6.61 Å². The number of ether oxygens (including phenoxy) is 1. The van der Waals surface area contributed by atoms with Crippen LogP contribution in [0, 0.1) is 0 Å². The van der Waals surface area contributed by atoms with E-state index < -0.39 is 11.4 Å². The van der Waals surface area contributed by atoms with Crippen LogP contribution in [-0.4, -0.2) is 12.4 Å². The van der Waals surface area contributed by atoms with Crippen LogP contribution in [-0.2, 0) is 10.1 Å². The van der Waals surface area contributed by atoms with Gasteiger partial charge in [-0.15, -0.1) is 0 Å². The van der Waals surface area contributed by atoms with Crippen LogP contribution in [0.2, 0.25) is 0 Å². The molecule has 0 aliphatic heterocycles. The van der Waals surface area contributed by atoms with Gasteiger partial charge in [0.05, 0.1) is 0 Å². The minimum atomic E-state index is -2.92. The molecule has 1 rings (SSSR count). The van der Waals surface area contributed by atoms with Crippen LogP contribution < -0.4 is 4.74 Å². The highest BCUT2D eigenvalue weighted by Crippen LogP contribution is 2.36. The number of rotatable bonds is 5. The molecular weight excluding hydrogens is 362 g/mol. The number of hydrogen-bond donors (Lipinski definition) is 0. The Morgan fingerprint density at radius 1 is 1.47 bits per heavy atom. The molecule has 0 saturated heterocycles. The third-order valence-electron chi connectivity index (χ3n) is 2.11. The molecule has 2 nitrogen and oxygen atoms in total. The van der Waals surface area contributed by atoms with E-state index in [1.54, 1.807) is 18.2 Å². The molecule has 0 aromatic heterocycles. The second-order valence-electron chi connectivity index (χ2n) is 3.32. The minimum Gasteiger partial charge on any atom is -0.434 e. The lowest BCUT2D eigenvalue weighted by Gasteiger charge is -2.16. The maximum absolute atomic E-state index is 12.3. The van der Waals surface area contributed by atoms with Gasteiger partial charge in [-0.2, -0.15) is 8.78 Å². The summed E-state index contributed by atoms with van der Waals surface area (Å²) in [5.74, 6) is -0.118. The first-order valence-corrected chi connectivity index (χ1v) is 6.78. The second-order valence-corrected chi connectivity index (χ2v) is 4.80. The van der Waals surface area contributed by atoms with Crippen LogP contribution in [0.3, 0.4) is 0 Å². The zero-order valence-electron chi connectivity index (χ0n) is 8.92. The molecule has 17 heavy (non-hydrogen) atoms. The maximum Gasteiger partial charge on any atom is 0.387 e. The summed E-state index contributed by atoms with van der Waals surface area (Å²) in [7, 11) is 0. The van der Waals surface area contributed by atoms with Gasteiger partial charge in [-0.1, -0.05) is 50.1 Å².